The van der Waals surface area contributed by atoms with Gasteiger partial charge in [-0.3, -0.25) is 9.10 Å². The van der Waals surface area contributed by atoms with Gasteiger partial charge in [0.1, 0.15) is 6.54 Å². The Morgan fingerprint density at radius 2 is 1.73 bits per heavy atom. The van der Waals surface area contributed by atoms with E-state index in [0.29, 0.717) is 27.2 Å². The number of hydrogen-bond donors (Lipinski definition) is 1. The number of nitrogens with zero attached hydrogens (tertiary/aromatic N) is 2. The molecule has 0 fully saturated rings. The topological polar surface area (TPSA) is 97.3 Å². The molecular weight excluding hydrogens is 510 g/mol. The third-order valence-corrected chi connectivity index (χ3v) is 6.81. The van der Waals surface area contributed by atoms with Crippen LogP contribution in [0.2, 0.25) is 0 Å². The van der Waals surface area contributed by atoms with Crippen molar-refractivity contribution >= 4 is 43.8 Å². The summed E-state index contributed by atoms with van der Waals surface area (Å²) in [4.78, 5) is 12.7. The second-order valence-electron chi connectivity index (χ2n) is 6.71. The molecule has 3 aromatic rings. The number of hydrogen-bond acceptors (Lipinski definition) is 6. The molecule has 1 N–H and O–H groups in total. The first-order valence-corrected chi connectivity index (χ1v) is 12.0. The largest absolute Gasteiger partial charge is 0.493 e. The van der Waals surface area contributed by atoms with Crippen molar-refractivity contribution in [3.05, 3.63) is 82.8 Å². The number of carbonyl (C=O) groups excluding carboxylic acids is 1. The number of nitrogens with one attached hydrogen (secondary N) is 1. The molecule has 0 aliphatic heterocycles. The first-order chi connectivity index (χ1) is 15.8. The van der Waals surface area contributed by atoms with Crippen LogP contribution in [0.5, 0.6) is 11.5 Å². The highest BCUT2D eigenvalue weighted by Gasteiger charge is 2.27. The number of benzene rings is 3. The Morgan fingerprint density at radius 1 is 1.00 bits per heavy atom. The van der Waals surface area contributed by atoms with Crippen molar-refractivity contribution in [1.29, 1.82) is 0 Å². The van der Waals surface area contributed by atoms with Gasteiger partial charge in [-0.2, -0.15) is 5.10 Å². The van der Waals surface area contributed by atoms with Gasteiger partial charge in [-0.15, -0.1) is 0 Å². The number of hydrazone groups is 1. The summed E-state index contributed by atoms with van der Waals surface area (Å²) < 4.78 is 38.7. The van der Waals surface area contributed by atoms with Crippen LogP contribution >= 0.6 is 15.9 Å². The van der Waals surface area contributed by atoms with Crippen LogP contribution in [0.3, 0.4) is 0 Å². The zero-order valence-electron chi connectivity index (χ0n) is 17.9. The molecule has 0 aliphatic carbocycles. The van der Waals surface area contributed by atoms with E-state index in [4.69, 9.17) is 9.47 Å². The SMILES string of the molecule is COc1ccc(/C=N\NC(=O)CN(c2cccc(Br)c2)S(=O)(=O)c2ccccc2)cc1OC. The number of anilines is 1. The molecule has 0 spiro atoms. The predicted octanol–water partition coefficient (Wildman–Crippen LogP) is 3.81. The second kappa shape index (κ2) is 11.0. The molecule has 0 saturated heterocycles. The van der Waals surface area contributed by atoms with Crippen molar-refractivity contribution in [2.45, 2.75) is 4.90 Å². The lowest BCUT2D eigenvalue weighted by atomic mass is 10.2. The summed E-state index contributed by atoms with van der Waals surface area (Å²) in [6.07, 6.45) is 1.43. The maximum Gasteiger partial charge on any atom is 0.264 e. The number of halogens is 1. The van der Waals surface area contributed by atoms with E-state index in [0.717, 1.165) is 4.31 Å². The van der Waals surface area contributed by atoms with Crippen LogP contribution in [0.4, 0.5) is 5.69 Å². The minimum absolute atomic E-state index is 0.0756. The molecule has 0 bridgehead atoms. The van der Waals surface area contributed by atoms with E-state index in [-0.39, 0.29) is 4.90 Å². The smallest absolute Gasteiger partial charge is 0.264 e. The van der Waals surface area contributed by atoms with Gasteiger partial charge in [0.05, 0.1) is 31.0 Å². The maximum atomic E-state index is 13.3. The molecule has 0 atom stereocenters. The first kappa shape index (κ1) is 24.3. The van der Waals surface area contributed by atoms with Gasteiger partial charge < -0.3 is 9.47 Å². The Labute approximate surface area is 201 Å². The molecule has 0 aliphatic rings. The van der Waals surface area contributed by atoms with Crippen LogP contribution in [-0.4, -0.2) is 41.3 Å². The molecule has 172 valence electrons. The number of amides is 1. The van der Waals surface area contributed by atoms with Gasteiger partial charge in [0, 0.05) is 4.47 Å². The fourth-order valence-corrected chi connectivity index (χ4v) is 4.76. The van der Waals surface area contributed by atoms with E-state index >= 15 is 0 Å². The Bertz CT molecular complexity index is 1250. The number of sulfonamides is 1. The van der Waals surface area contributed by atoms with Gasteiger partial charge in [0.25, 0.3) is 15.9 Å². The highest BCUT2D eigenvalue weighted by Crippen LogP contribution is 2.27. The van der Waals surface area contributed by atoms with Gasteiger partial charge in [0.15, 0.2) is 11.5 Å². The molecular formula is C23H22BrN3O5S. The zero-order chi connectivity index (χ0) is 23.8. The maximum absolute atomic E-state index is 13.3. The van der Waals surface area contributed by atoms with Crippen LogP contribution in [0.15, 0.2) is 87.3 Å². The summed E-state index contributed by atoms with van der Waals surface area (Å²) in [5, 5.41) is 3.94. The average molecular weight is 532 g/mol. The number of ether oxygens (including phenoxy) is 2. The van der Waals surface area contributed by atoms with Crippen LogP contribution in [0, 0.1) is 0 Å². The molecule has 1 amide bonds. The summed E-state index contributed by atoms with van der Waals surface area (Å²) in [6.45, 7) is -0.461. The summed E-state index contributed by atoms with van der Waals surface area (Å²) in [5.41, 5.74) is 3.38. The third kappa shape index (κ3) is 6.11. The monoisotopic (exact) mass is 531 g/mol. The molecule has 3 aromatic carbocycles. The summed E-state index contributed by atoms with van der Waals surface area (Å²) in [7, 11) is -0.938. The van der Waals surface area contributed by atoms with Crippen LogP contribution in [-0.2, 0) is 14.8 Å². The molecule has 0 heterocycles. The zero-order valence-corrected chi connectivity index (χ0v) is 20.3. The van der Waals surface area contributed by atoms with Gasteiger partial charge in [-0.05, 0) is 54.1 Å². The fraction of sp³-hybridized carbons (Fsp3) is 0.130. The van der Waals surface area contributed by atoms with Crippen molar-refractivity contribution < 1.29 is 22.7 Å². The average Bonchev–Trinajstić information content (AvgIpc) is 2.82. The van der Waals surface area contributed by atoms with Gasteiger partial charge >= 0.3 is 0 Å². The van der Waals surface area contributed by atoms with Gasteiger partial charge in [0.2, 0.25) is 0 Å². The van der Waals surface area contributed by atoms with Gasteiger partial charge in [-0.25, -0.2) is 13.8 Å². The lowest BCUT2D eigenvalue weighted by Gasteiger charge is -2.23. The highest BCUT2D eigenvalue weighted by atomic mass is 79.9. The molecule has 3 rings (SSSR count). The Hall–Kier alpha value is -3.37. The van der Waals surface area contributed by atoms with E-state index in [1.165, 1.54) is 32.6 Å². The highest BCUT2D eigenvalue weighted by molar-refractivity contribution is 9.10. The summed E-state index contributed by atoms with van der Waals surface area (Å²) in [5.74, 6) is 0.475. The van der Waals surface area contributed by atoms with E-state index < -0.39 is 22.5 Å². The number of rotatable bonds is 9. The lowest BCUT2D eigenvalue weighted by Crippen LogP contribution is -2.39. The molecule has 10 heteroatoms. The van der Waals surface area contributed by atoms with E-state index in [1.54, 1.807) is 60.7 Å². The second-order valence-corrected chi connectivity index (χ2v) is 9.49. The van der Waals surface area contributed by atoms with E-state index in [1.807, 2.05) is 0 Å². The fourth-order valence-electron chi connectivity index (χ4n) is 2.94. The standard InChI is InChI=1S/C23H22BrN3O5S/c1-31-21-12-11-17(13-22(21)32-2)15-25-26-23(28)16-27(19-8-6-7-18(24)14-19)33(29,30)20-9-4-3-5-10-20/h3-15H,16H2,1-2H3,(H,26,28)/b25-15-. The molecule has 8 nitrogen and oxygen atoms in total. The minimum Gasteiger partial charge on any atom is -0.493 e. The lowest BCUT2D eigenvalue weighted by molar-refractivity contribution is -0.119. The summed E-state index contributed by atoms with van der Waals surface area (Å²) in [6, 6.07) is 19.8. The normalized spacial score (nSPS) is 11.2. The van der Waals surface area contributed by atoms with Crippen molar-refractivity contribution in [1.82, 2.24) is 5.43 Å². The number of methoxy groups -OCH3 is 2. The van der Waals surface area contributed by atoms with Crippen LogP contribution < -0.4 is 19.2 Å². The molecule has 0 unspecified atom stereocenters. The minimum atomic E-state index is -3.99. The molecule has 33 heavy (non-hydrogen) atoms. The molecule has 0 saturated carbocycles. The number of carbonyl (C=O) groups is 1. The summed E-state index contributed by atoms with van der Waals surface area (Å²) >= 11 is 3.34. The Morgan fingerprint density at radius 3 is 2.39 bits per heavy atom. The van der Waals surface area contributed by atoms with E-state index in [9.17, 15) is 13.2 Å². The third-order valence-electron chi connectivity index (χ3n) is 4.53. The molecule has 0 radical (unpaired) electrons. The van der Waals surface area contributed by atoms with Crippen LogP contribution in [0.1, 0.15) is 5.56 Å². The van der Waals surface area contributed by atoms with Crippen molar-refractivity contribution in [2.24, 2.45) is 5.10 Å². The van der Waals surface area contributed by atoms with Crippen LogP contribution in [0.25, 0.3) is 0 Å². The van der Waals surface area contributed by atoms with E-state index in [2.05, 4.69) is 26.5 Å². The predicted molar refractivity (Wildman–Crippen MR) is 130 cm³/mol. The Kier molecular flexibility index (Phi) is 8.07. The van der Waals surface area contributed by atoms with Gasteiger partial charge in [-0.1, -0.05) is 40.2 Å². The van der Waals surface area contributed by atoms with Crippen molar-refractivity contribution in [2.75, 3.05) is 25.1 Å². The first-order valence-electron chi connectivity index (χ1n) is 9.72. The quantitative estimate of drug-likeness (QED) is 0.334. The Balaban J connectivity index is 1.80. The molecule has 0 aromatic heterocycles. The van der Waals surface area contributed by atoms with Crippen molar-refractivity contribution in [3.63, 3.8) is 0 Å². The van der Waals surface area contributed by atoms with Crippen molar-refractivity contribution in [3.8, 4) is 11.5 Å².